The van der Waals surface area contributed by atoms with E-state index in [-0.39, 0.29) is 17.2 Å². The molecule has 0 radical (unpaired) electrons. The van der Waals surface area contributed by atoms with Crippen LogP contribution in [0.3, 0.4) is 0 Å². The summed E-state index contributed by atoms with van der Waals surface area (Å²) in [6.07, 6.45) is 5.03. The highest BCUT2D eigenvalue weighted by Gasteiger charge is 2.20. The fourth-order valence-electron chi connectivity index (χ4n) is 2.27. The highest BCUT2D eigenvalue weighted by atomic mass is 16.5. The van der Waals surface area contributed by atoms with Crippen LogP contribution < -0.4 is 5.32 Å². The SMILES string of the molecule is CCCCCC(C)(C)CNC(C)c1ccc(C(=O)OC)o1. The van der Waals surface area contributed by atoms with E-state index >= 15 is 0 Å². The summed E-state index contributed by atoms with van der Waals surface area (Å²) in [5.74, 6) is 0.580. The van der Waals surface area contributed by atoms with E-state index < -0.39 is 5.97 Å². The zero-order valence-corrected chi connectivity index (χ0v) is 14.0. The van der Waals surface area contributed by atoms with Gasteiger partial charge in [0.25, 0.3) is 0 Å². The maximum atomic E-state index is 11.4. The van der Waals surface area contributed by atoms with Gasteiger partial charge in [0.05, 0.1) is 13.2 Å². The molecule has 0 aromatic carbocycles. The van der Waals surface area contributed by atoms with Crippen molar-refractivity contribution in [1.29, 1.82) is 0 Å². The number of furan rings is 1. The Morgan fingerprint density at radius 2 is 2.10 bits per heavy atom. The third-order valence-electron chi connectivity index (χ3n) is 3.78. The molecule has 1 N–H and O–H groups in total. The van der Waals surface area contributed by atoms with E-state index in [1.165, 1.54) is 32.8 Å². The molecule has 0 aliphatic carbocycles. The minimum absolute atomic E-state index is 0.0776. The maximum absolute atomic E-state index is 11.4. The molecule has 1 aromatic heterocycles. The molecule has 0 aliphatic heterocycles. The Kier molecular flexibility index (Phi) is 6.96. The van der Waals surface area contributed by atoms with Crippen molar-refractivity contribution in [2.24, 2.45) is 5.41 Å². The van der Waals surface area contributed by atoms with Crippen molar-refractivity contribution in [2.75, 3.05) is 13.7 Å². The molecule has 21 heavy (non-hydrogen) atoms. The number of methoxy groups -OCH3 is 1. The Morgan fingerprint density at radius 3 is 2.71 bits per heavy atom. The van der Waals surface area contributed by atoms with E-state index in [1.807, 2.05) is 13.0 Å². The van der Waals surface area contributed by atoms with Gasteiger partial charge in [-0.25, -0.2) is 4.79 Å². The summed E-state index contributed by atoms with van der Waals surface area (Å²) in [6.45, 7) is 9.76. The zero-order chi connectivity index (χ0) is 15.9. The van der Waals surface area contributed by atoms with E-state index in [2.05, 4.69) is 30.8 Å². The van der Waals surface area contributed by atoms with Gasteiger partial charge < -0.3 is 14.5 Å². The molecule has 1 aromatic rings. The van der Waals surface area contributed by atoms with Crippen molar-refractivity contribution < 1.29 is 13.9 Å². The summed E-state index contributed by atoms with van der Waals surface area (Å²) in [6, 6.07) is 3.56. The second-order valence-electron chi connectivity index (χ2n) is 6.42. The second kappa shape index (κ2) is 8.23. The average molecular weight is 295 g/mol. The first-order chi connectivity index (χ1) is 9.89. The Balaban J connectivity index is 2.47. The summed E-state index contributed by atoms with van der Waals surface area (Å²) < 4.78 is 10.2. The van der Waals surface area contributed by atoms with Gasteiger partial charge in [0.2, 0.25) is 5.76 Å². The summed E-state index contributed by atoms with van der Waals surface area (Å²) in [5, 5.41) is 3.49. The number of carbonyl (C=O) groups is 1. The van der Waals surface area contributed by atoms with Gasteiger partial charge in [-0.1, -0.05) is 40.0 Å². The number of esters is 1. The summed E-state index contributed by atoms with van der Waals surface area (Å²) in [5.41, 5.74) is 0.265. The third kappa shape index (κ3) is 5.92. The fraction of sp³-hybridized carbons (Fsp3) is 0.706. The molecular weight excluding hydrogens is 266 g/mol. The summed E-state index contributed by atoms with van der Waals surface area (Å²) >= 11 is 0. The second-order valence-corrected chi connectivity index (χ2v) is 6.42. The van der Waals surface area contributed by atoms with Crippen LogP contribution in [0.15, 0.2) is 16.5 Å². The molecule has 0 aliphatic rings. The molecule has 0 saturated heterocycles. The van der Waals surface area contributed by atoms with Crippen LogP contribution in [0.5, 0.6) is 0 Å². The van der Waals surface area contributed by atoms with Gasteiger partial charge in [-0.2, -0.15) is 0 Å². The topological polar surface area (TPSA) is 51.5 Å². The van der Waals surface area contributed by atoms with Crippen LogP contribution in [0.25, 0.3) is 0 Å². The molecule has 0 fully saturated rings. The Labute approximate surface area is 128 Å². The predicted molar refractivity (Wildman–Crippen MR) is 84.4 cm³/mol. The van der Waals surface area contributed by atoms with Crippen LogP contribution in [0.2, 0.25) is 0 Å². The van der Waals surface area contributed by atoms with Crippen LogP contribution in [-0.4, -0.2) is 19.6 Å². The molecule has 1 unspecified atom stereocenters. The molecule has 0 bridgehead atoms. The van der Waals surface area contributed by atoms with Gasteiger partial charge in [0, 0.05) is 6.54 Å². The first kappa shape index (κ1) is 17.8. The summed E-state index contributed by atoms with van der Waals surface area (Å²) in [4.78, 5) is 11.4. The molecule has 4 heteroatoms. The lowest BCUT2D eigenvalue weighted by Gasteiger charge is -2.26. The number of ether oxygens (including phenoxy) is 1. The van der Waals surface area contributed by atoms with Gasteiger partial charge in [-0.3, -0.25) is 0 Å². The van der Waals surface area contributed by atoms with E-state index in [0.717, 1.165) is 12.3 Å². The lowest BCUT2D eigenvalue weighted by Crippen LogP contribution is -2.31. The van der Waals surface area contributed by atoms with Gasteiger partial charge in [-0.15, -0.1) is 0 Å². The van der Waals surface area contributed by atoms with Gasteiger partial charge in [0.15, 0.2) is 0 Å². The average Bonchev–Trinajstić information content (AvgIpc) is 2.94. The number of nitrogens with one attached hydrogen (secondary N) is 1. The predicted octanol–water partition coefficient (Wildman–Crippen LogP) is 4.32. The van der Waals surface area contributed by atoms with Crippen molar-refractivity contribution in [2.45, 2.75) is 59.4 Å². The van der Waals surface area contributed by atoms with Crippen molar-refractivity contribution >= 4 is 5.97 Å². The minimum Gasteiger partial charge on any atom is -0.463 e. The third-order valence-corrected chi connectivity index (χ3v) is 3.78. The van der Waals surface area contributed by atoms with Gasteiger partial charge in [0.1, 0.15) is 5.76 Å². The minimum atomic E-state index is -0.437. The van der Waals surface area contributed by atoms with Crippen molar-refractivity contribution in [3.63, 3.8) is 0 Å². The fourth-order valence-corrected chi connectivity index (χ4v) is 2.27. The molecule has 0 spiro atoms. The van der Waals surface area contributed by atoms with Crippen molar-refractivity contribution in [1.82, 2.24) is 5.32 Å². The summed E-state index contributed by atoms with van der Waals surface area (Å²) in [7, 11) is 1.35. The normalized spacial score (nSPS) is 13.2. The Hall–Kier alpha value is -1.29. The quantitative estimate of drug-likeness (QED) is 0.544. The molecule has 1 atom stereocenters. The maximum Gasteiger partial charge on any atom is 0.373 e. The first-order valence-electron chi connectivity index (χ1n) is 7.81. The lowest BCUT2D eigenvalue weighted by atomic mass is 9.86. The molecule has 0 amide bonds. The number of rotatable bonds is 9. The first-order valence-corrected chi connectivity index (χ1v) is 7.81. The molecule has 0 saturated carbocycles. The molecular formula is C17H29NO3. The Morgan fingerprint density at radius 1 is 1.38 bits per heavy atom. The number of hydrogen-bond donors (Lipinski definition) is 1. The molecule has 1 rings (SSSR count). The molecule has 4 nitrogen and oxygen atoms in total. The highest BCUT2D eigenvalue weighted by Crippen LogP contribution is 2.24. The number of unbranched alkanes of at least 4 members (excludes halogenated alkanes) is 2. The van der Waals surface area contributed by atoms with E-state index in [9.17, 15) is 4.79 Å². The van der Waals surface area contributed by atoms with Crippen LogP contribution in [-0.2, 0) is 4.74 Å². The molecule has 1 heterocycles. The Bertz CT molecular complexity index is 437. The van der Waals surface area contributed by atoms with Gasteiger partial charge in [-0.05, 0) is 30.9 Å². The largest absolute Gasteiger partial charge is 0.463 e. The van der Waals surface area contributed by atoms with Crippen LogP contribution in [0.4, 0.5) is 0 Å². The van der Waals surface area contributed by atoms with Gasteiger partial charge >= 0.3 is 5.97 Å². The van der Waals surface area contributed by atoms with E-state index in [4.69, 9.17) is 4.42 Å². The van der Waals surface area contributed by atoms with Crippen LogP contribution in [0, 0.1) is 5.41 Å². The van der Waals surface area contributed by atoms with Crippen LogP contribution >= 0.6 is 0 Å². The van der Waals surface area contributed by atoms with E-state index in [0.29, 0.717) is 0 Å². The number of carbonyl (C=O) groups excluding carboxylic acids is 1. The number of hydrogen-bond acceptors (Lipinski definition) is 4. The standard InChI is InChI=1S/C17H29NO3/c1-6-7-8-11-17(3,4)12-18-13(2)14-9-10-15(21-14)16(19)20-5/h9-10,13,18H,6-8,11-12H2,1-5H3. The van der Waals surface area contributed by atoms with Crippen molar-refractivity contribution in [3.8, 4) is 0 Å². The molecule has 120 valence electrons. The lowest BCUT2D eigenvalue weighted by molar-refractivity contribution is 0.0562. The van der Waals surface area contributed by atoms with E-state index in [1.54, 1.807) is 6.07 Å². The van der Waals surface area contributed by atoms with Crippen molar-refractivity contribution in [3.05, 3.63) is 23.7 Å². The smallest absolute Gasteiger partial charge is 0.373 e. The zero-order valence-electron chi connectivity index (χ0n) is 14.0. The highest BCUT2D eigenvalue weighted by molar-refractivity contribution is 5.86. The monoisotopic (exact) mass is 295 g/mol. The van der Waals surface area contributed by atoms with Crippen LogP contribution in [0.1, 0.15) is 75.7 Å².